The van der Waals surface area contributed by atoms with Gasteiger partial charge in [-0.2, -0.15) is 5.10 Å². The molecule has 0 saturated carbocycles. The zero-order chi connectivity index (χ0) is 21.2. The third kappa shape index (κ3) is 3.93. The van der Waals surface area contributed by atoms with Gasteiger partial charge in [0.05, 0.1) is 35.0 Å². The van der Waals surface area contributed by atoms with Crippen molar-refractivity contribution in [2.24, 2.45) is 0 Å². The van der Waals surface area contributed by atoms with E-state index in [2.05, 4.69) is 20.4 Å². The smallest absolute Gasteiger partial charge is 0.258 e. The number of rotatable bonds is 5. The lowest BCUT2D eigenvalue weighted by Crippen LogP contribution is -2.12. The average molecular weight is 428 g/mol. The van der Waals surface area contributed by atoms with Crippen LogP contribution >= 0.6 is 11.6 Å². The minimum atomic E-state index is -0.242. The number of nitrogens with zero attached hydrogens (tertiary/aromatic N) is 3. The van der Waals surface area contributed by atoms with Gasteiger partial charge in [0.25, 0.3) is 5.91 Å². The molecule has 0 unspecified atom stereocenters. The number of amides is 1. The van der Waals surface area contributed by atoms with Crippen molar-refractivity contribution in [2.75, 3.05) is 5.32 Å². The van der Waals surface area contributed by atoms with Crippen LogP contribution in [0.25, 0.3) is 22.4 Å². The highest BCUT2D eigenvalue weighted by Crippen LogP contribution is 2.28. The molecule has 0 aliphatic heterocycles. The normalized spacial score (nSPS) is 11.0. The summed E-state index contributed by atoms with van der Waals surface area (Å²) >= 11 is 6.23. The Kier molecular flexibility index (Phi) is 4.98. The Morgan fingerprint density at radius 2 is 1.77 bits per heavy atom. The Balaban J connectivity index is 1.38. The SMILES string of the molecule is O=C(Nc1ccccc1-c1nc2ccccc2[nH]1)c1cnn(Cc2ccccc2Cl)c1. The molecule has 0 fully saturated rings. The topological polar surface area (TPSA) is 75.6 Å². The highest BCUT2D eigenvalue weighted by molar-refractivity contribution is 6.31. The molecule has 0 aliphatic rings. The number of fused-ring (bicyclic) bond motifs is 1. The molecule has 5 aromatic rings. The van der Waals surface area contributed by atoms with Crippen LogP contribution in [-0.2, 0) is 6.54 Å². The number of aromatic amines is 1. The van der Waals surface area contributed by atoms with Gasteiger partial charge in [-0.1, -0.05) is 54.1 Å². The van der Waals surface area contributed by atoms with Gasteiger partial charge >= 0.3 is 0 Å². The number of carbonyl (C=O) groups excluding carboxylic acids is 1. The number of hydrogen-bond acceptors (Lipinski definition) is 3. The van der Waals surface area contributed by atoms with Crippen LogP contribution < -0.4 is 5.32 Å². The monoisotopic (exact) mass is 427 g/mol. The first-order chi connectivity index (χ1) is 15.2. The number of imidazole rings is 1. The largest absolute Gasteiger partial charge is 0.338 e. The maximum atomic E-state index is 12.9. The van der Waals surface area contributed by atoms with Crippen LogP contribution in [0.5, 0.6) is 0 Å². The summed E-state index contributed by atoms with van der Waals surface area (Å²) in [7, 11) is 0. The molecule has 152 valence electrons. The molecule has 2 heterocycles. The number of benzene rings is 3. The van der Waals surface area contributed by atoms with Gasteiger partial charge < -0.3 is 10.3 Å². The van der Waals surface area contributed by atoms with Crippen molar-refractivity contribution in [2.45, 2.75) is 6.54 Å². The lowest BCUT2D eigenvalue weighted by Gasteiger charge is -2.08. The number of anilines is 1. The predicted octanol–water partition coefficient (Wildman–Crippen LogP) is 5.38. The maximum absolute atomic E-state index is 12.9. The van der Waals surface area contributed by atoms with Gasteiger partial charge in [0.15, 0.2) is 0 Å². The Bertz CT molecular complexity index is 1350. The first-order valence-corrected chi connectivity index (χ1v) is 10.2. The van der Waals surface area contributed by atoms with Crippen molar-refractivity contribution < 1.29 is 4.79 Å². The molecular formula is C24H18ClN5O. The molecule has 0 spiro atoms. The maximum Gasteiger partial charge on any atom is 0.258 e. The predicted molar refractivity (Wildman–Crippen MR) is 122 cm³/mol. The Hall–Kier alpha value is -3.90. The molecule has 0 saturated heterocycles. The van der Waals surface area contributed by atoms with Crippen LogP contribution in [0.4, 0.5) is 5.69 Å². The van der Waals surface area contributed by atoms with Gasteiger partial charge in [0.1, 0.15) is 5.82 Å². The van der Waals surface area contributed by atoms with Crippen LogP contribution in [0.1, 0.15) is 15.9 Å². The summed E-state index contributed by atoms with van der Waals surface area (Å²) in [5.74, 6) is 0.459. The van der Waals surface area contributed by atoms with Crippen LogP contribution in [0.15, 0.2) is 85.2 Å². The van der Waals surface area contributed by atoms with Crippen LogP contribution in [0.3, 0.4) is 0 Å². The van der Waals surface area contributed by atoms with Crippen molar-refractivity contribution in [3.63, 3.8) is 0 Å². The van der Waals surface area contributed by atoms with Crippen molar-refractivity contribution in [1.82, 2.24) is 19.7 Å². The fourth-order valence-electron chi connectivity index (χ4n) is 3.44. The van der Waals surface area contributed by atoms with Gasteiger partial charge in [0.2, 0.25) is 0 Å². The number of nitrogens with one attached hydrogen (secondary N) is 2. The zero-order valence-corrected chi connectivity index (χ0v) is 17.2. The molecule has 2 N–H and O–H groups in total. The second-order valence-corrected chi connectivity index (χ2v) is 7.53. The summed E-state index contributed by atoms with van der Waals surface area (Å²) in [5, 5.41) is 7.95. The molecule has 3 aromatic carbocycles. The molecule has 0 bridgehead atoms. The molecule has 7 heteroatoms. The molecule has 2 aromatic heterocycles. The van der Waals surface area contributed by atoms with Crippen molar-refractivity contribution in [3.05, 3.63) is 101 Å². The van der Waals surface area contributed by atoms with E-state index in [1.165, 1.54) is 0 Å². The van der Waals surface area contributed by atoms with Gasteiger partial charge in [-0.15, -0.1) is 0 Å². The summed E-state index contributed by atoms with van der Waals surface area (Å²) in [6, 6.07) is 23.0. The summed E-state index contributed by atoms with van der Waals surface area (Å²) in [5.41, 5.74) is 4.71. The number of para-hydroxylation sites is 3. The van der Waals surface area contributed by atoms with E-state index >= 15 is 0 Å². The quantitative estimate of drug-likeness (QED) is 0.395. The minimum absolute atomic E-state index is 0.242. The third-order valence-electron chi connectivity index (χ3n) is 5.01. The molecule has 6 nitrogen and oxygen atoms in total. The van der Waals surface area contributed by atoms with E-state index in [4.69, 9.17) is 11.6 Å². The summed E-state index contributed by atoms with van der Waals surface area (Å²) in [6.07, 6.45) is 3.26. The summed E-state index contributed by atoms with van der Waals surface area (Å²) in [4.78, 5) is 20.8. The number of halogens is 1. The first-order valence-electron chi connectivity index (χ1n) is 9.79. The Morgan fingerprint density at radius 1 is 1.00 bits per heavy atom. The molecule has 0 atom stereocenters. The van der Waals surface area contributed by atoms with Crippen molar-refractivity contribution >= 4 is 34.2 Å². The Labute approximate surface area is 183 Å². The van der Waals surface area contributed by atoms with Crippen LogP contribution in [0, 0.1) is 0 Å². The van der Waals surface area contributed by atoms with Gasteiger partial charge in [0, 0.05) is 16.8 Å². The standard InChI is InChI=1S/C24H18ClN5O/c25-19-9-3-1-7-16(19)14-30-15-17(13-26-30)24(31)29-20-10-4-2-8-18(20)23-27-21-11-5-6-12-22(21)28-23/h1-13,15H,14H2,(H,27,28)(H,29,31). The van der Waals surface area contributed by atoms with E-state index in [0.717, 1.165) is 22.2 Å². The number of hydrogen-bond donors (Lipinski definition) is 2. The number of carbonyl (C=O) groups is 1. The second kappa shape index (κ2) is 8.08. The molecule has 0 radical (unpaired) electrons. The van der Waals surface area contributed by atoms with Gasteiger partial charge in [-0.3, -0.25) is 9.48 Å². The summed E-state index contributed by atoms with van der Waals surface area (Å²) in [6.45, 7) is 0.489. The van der Waals surface area contributed by atoms with Gasteiger partial charge in [-0.05, 0) is 35.9 Å². The van der Waals surface area contributed by atoms with Crippen molar-refractivity contribution in [1.29, 1.82) is 0 Å². The highest BCUT2D eigenvalue weighted by atomic mass is 35.5. The highest BCUT2D eigenvalue weighted by Gasteiger charge is 2.14. The van der Waals surface area contributed by atoms with Gasteiger partial charge in [-0.25, -0.2) is 4.98 Å². The average Bonchev–Trinajstić information content (AvgIpc) is 3.43. The molecule has 31 heavy (non-hydrogen) atoms. The fraction of sp³-hybridized carbons (Fsp3) is 0.0417. The second-order valence-electron chi connectivity index (χ2n) is 7.12. The van der Waals surface area contributed by atoms with Crippen LogP contribution in [-0.4, -0.2) is 25.7 Å². The lowest BCUT2D eigenvalue weighted by molar-refractivity contribution is 0.102. The fourth-order valence-corrected chi connectivity index (χ4v) is 3.64. The van der Waals surface area contributed by atoms with E-state index in [0.29, 0.717) is 28.6 Å². The summed E-state index contributed by atoms with van der Waals surface area (Å²) < 4.78 is 1.70. The first kappa shape index (κ1) is 19.1. The van der Waals surface area contributed by atoms with Crippen LogP contribution in [0.2, 0.25) is 5.02 Å². The third-order valence-corrected chi connectivity index (χ3v) is 5.37. The minimum Gasteiger partial charge on any atom is -0.338 e. The number of aromatic nitrogens is 4. The zero-order valence-electron chi connectivity index (χ0n) is 16.4. The lowest BCUT2D eigenvalue weighted by atomic mass is 10.1. The van der Waals surface area contributed by atoms with Crippen molar-refractivity contribution in [3.8, 4) is 11.4 Å². The molecular weight excluding hydrogens is 410 g/mol. The van der Waals surface area contributed by atoms with E-state index < -0.39 is 0 Å². The van der Waals surface area contributed by atoms with E-state index in [1.54, 1.807) is 17.1 Å². The van der Waals surface area contributed by atoms with E-state index in [-0.39, 0.29) is 5.91 Å². The molecule has 1 amide bonds. The van der Waals surface area contributed by atoms with E-state index in [9.17, 15) is 4.79 Å². The molecule has 5 rings (SSSR count). The van der Waals surface area contributed by atoms with E-state index in [1.807, 2.05) is 72.8 Å². The Morgan fingerprint density at radius 3 is 2.65 bits per heavy atom. The number of H-pyrrole nitrogens is 1. The molecule has 0 aliphatic carbocycles.